The molecule has 3 rings (SSSR count). The van der Waals surface area contributed by atoms with E-state index in [0.29, 0.717) is 23.5 Å². The second-order valence-corrected chi connectivity index (χ2v) is 7.37. The lowest BCUT2D eigenvalue weighted by atomic mass is 10.1. The molecule has 2 amide bonds. The predicted octanol–water partition coefficient (Wildman–Crippen LogP) is 4.65. The van der Waals surface area contributed by atoms with Gasteiger partial charge in [0.15, 0.2) is 0 Å². The molecule has 1 aliphatic heterocycles. The second kappa shape index (κ2) is 7.91. The third-order valence-electron chi connectivity index (χ3n) is 4.16. The number of thioether (sulfide) groups is 1. The van der Waals surface area contributed by atoms with Crippen molar-refractivity contribution in [1.82, 2.24) is 0 Å². The second-order valence-electron chi connectivity index (χ2n) is 6.31. The van der Waals surface area contributed by atoms with Gasteiger partial charge in [0, 0.05) is 12.1 Å². The van der Waals surface area contributed by atoms with Crippen LogP contribution in [0.1, 0.15) is 36.3 Å². The quantitative estimate of drug-likeness (QED) is 0.831. The van der Waals surface area contributed by atoms with E-state index in [1.807, 2.05) is 38.1 Å². The van der Waals surface area contributed by atoms with Gasteiger partial charge in [-0.25, -0.2) is 4.39 Å². The number of halogens is 1. The fraction of sp³-hybridized carbons (Fsp3) is 0.300. The number of nitrogens with one attached hydrogen (secondary N) is 1. The predicted molar refractivity (Wildman–Crippen MR) is 104 cm³/mol. The van der Waals surface area contributed by atoms with Gasteiger partial charge < -0.3 is 5.32 Å². The zero-order valence-corrected chi connectivity index (χ0v) is 15.6. The highest BCUT2D eigenvalue weighted by Gasteiger charge is 2.35. The molecule has 4 nitrogen and oxygen atoms in total. The van der Waals surface area contributed by atoms with Crippen molar-refractivity contribution in [2.45, 2.75) is 32.1 Å². The summed E-state index contributed by atoms with van der Waals surface area (Å²) in [6.07, 6.45) is 1.24. The lowest BCUT2D eigenvalue weighted by Gasteiger charge is -2.25. The Morgan fingerprint density at radius 3 is 2.88 bits per heavy atom. The average molecular weight is 372 g/mol. The van der Waals surface area contributed by atoms with E-state index in [9.17, 15) is 14.0 Å². The molecule has 1 aliphatic rings. The largest absolute Gasteiger partial charge is 0.326 e. The van der Waals surface area contributed by atoms with Crippen LogP contribution in [0, 0.1) is 12.7 Å². The number of aryl methyl sites for hydroxylation is 1. The number of carbonyl (C=O) groups excluding carboxylic acids is 2. The third kappa shape index (κ3) is 3.90. The van der Waals surface area contributed by atoms with Crippen molar-refractivity contribution in [2.75, 3.05) is 16.0 Å². The molecular weight excluding hydrogens is 351 g/mol. The van der Waals surface area contributed by atoms with Crippen LogP contribution >= 0.6 is 11.8 Å². The molecule has 0 aliphatic carbocycles. The summed E-state index contributed by atoms with van der Waals surface area (Å²) in [5, 5.41) is 2.55. The van der Waals surface area contributed by atoms with Crippen LogP contribution in [0.4, 0.5) is 15.8 Å². The molecule has 136 valence electrons. The standard InChI is InChI=1S/C20H21FN2O2S/c1-3-5-18(24)22-15-7-4-6-14(11-15)20-23(19(25)12-26-20)17-10-13(2)8-9-16(17)21/h4,6-11,20H,3,5,12H2,1-2H3,(H,22,24)/t20-/m1/s1. The van der Waals surface area contributed by atoms with Gasteiger partial charge in [0.2, 0.25) is 11.8 Å². The Morgan fingerprint density at radius 2 is 2.12 bits per heavy atom. The molecular formula is C20H21FN2O2S. The Hall–Kier alpha value is -2.34. The van der Waals surface area contributed by atoms with Crippen molar-refractivity contribution in [3.63, 3.8) is 0 Å². The molecule has 1 saturated heterocycles. The van der Waals surface area contributed by atoms with E-state index >= 15 is 0 Å². The molecule has 0 bridgehead atoms. The first kappa shape index (κ1) is 18.5. The Balaban J connectivity index is 1.91. The van der Waals surface area contributed by atoms with E-state index in [4.69, 9.17) is 0 Å². The number of rotatable bonds is 5. The molecule has 1 atom stereocenters. The molecule has 2 aromatic carbocycles. The highest BCUT2D eigenvalue weighted by Crippen LogP contribution is 2.43. The first-order valence-corrected chi connectivity index (χ1v) is 9.64. The number of anilines is 2. The molecule has 2 aromatic rings. The fourth-order valence-electron chi connectivity index (χ4n) is 2.96. The Labute approximate surface area is 156 Å². The van der Waals surface area contributed by atoms with E-state index in [2.05, 4.69) is 5.32 Å². The van der Waals surface area contributed by atoms with Crippen LogP contribution in [0.15, 0.2) is 42.5 Å². The minimum Gasteiger partial charge on any atom is -0.326 e. The lowest BCUT2D eigenvalue weighted by molar-refractivity contribution is -0.116. The third-order valence-corrected chi connectivity index (χ3v) is 5.37. The molecule has 1 fully saturated rings. The van der Waals surface area contributed by atoms with Gasteiger partial charge in [0.25, 0.3) is 0 Å². The summed E-state index contributed by atoms with van der Waals surface area (Å²) in [5.74, 6) is -0.278. The molecule has 0 aromatic heterocycles. The monoisotopic (exact) mass is 372 g/mol. The van der Waals surface area contributed by atoms with Crippen molar-refractivity contribution >= 4 is 35.0 Å². The van der Waals surface area contributed by atoms with Crippen LogP contribution in [0.25, 0.3) is 0 Å². The summed E-state index contributed by atoms with van der Waals surface area (Å²) in [7, 11) is 0. The zero-order chi connectivity index (χ0) is 18.7. The summed E-state index contributed by atoms with van der Waals surface area (Å²) >= 11 is 1.46. The minimum absolute atomic E-state index is 0.0404. The SMILES string of the molecule is CCCC(=O)Nc1cccc([C@H]2SCC(=O)N2c2cc(C)ccc2F)c1. The van der Waals surface area contributed by atoms with Gasteiger partial charge in [-0.05, 0) is 48.7 Å². The number of nitrogens with zero attached hydrogens (tertiary/aromatic N) is 1. The molecule has 0 unspecified atom stereocenters. The smallest absolute Gasteiger partial charge is 0.238 e. The van der Waals surface area contributed by atoms with E-state index in [0.717, 1.165) is 17.5 Å². The van der Waals surface area contributed by atoms with E-state index in [1.54, 1.807) is 12.1 Å². The summed E-state index contributed by atoms with van der Waals surface area (Å²) < 4.78 is 14.4. The number of hydrogen-bond donors (Lipinski definition) is 1. The maximum Gasteiger partial charge on any atom is 0.238 e. The maximum absolute atomic E-state index is 14.4. The van der Waals surface area contributed by atoms with Crippen LogP contribution in [0.3, 0.4) is 0 Å². The number of carbonyl (C=O) groups is 2. The number of amides is 2. The number of benzene rings is 2. The van der Waals surface area contributed by atoms with E-state index in [1.165, 1.54) is 22.7 Å². The van der Waals surface area contributed by atoms with Crippen LogP contribution < -0.4 is 10.2 Å². The summed E-state index contributed by atoms with van der Waals surface area (Å²) in [6.45, 7) is 3.82. The van der Waals surface area contributed by atoms with Crippen molar-refractivity contribution in [3.05, 3.63) is 59.4 Å². The lowest BCUT2D eigenvalue weighted by Crippen LogP contribution is -2.28. The Bertz CT molecular complexity index is 840. The van der Waals surface area contributed by atoms with Gasteiger partial charge in [-0.15, -0.1) is 11.8 Å². The molecule has 6 heteroatoms. The first-order valence-electron chi connectivity index (χ1n) is 8.59. The van der Waals surface area contributed by atoms with E-state index in [-0.39, 0.29) is 17.2 Å². The van der Waals surface area contributed by atoms with Gasteiger partial charge in [0.1, 0.15) is 11.2 Å². The van der Waals surface area contributed by atoms with Crippen LogP contribution in [0.2, 0.25) is 0 Å². The van der Waals surface area contributed by atoms with Crippen molar-refractivity contribution < 1.29 is 14.0 Å². The Morgan fingerprint density at radius 1 is 1.31 bits per heavy atom. The molecule has 0 radical (unpaired) electrons. The highest BCUT2D eigenvalue weighted by atomic mass is 32.2. The van der Waals surface area contributed by atoms with Crippen LogP contribution in [0.5, 0.6) is 0 Å². The topological polar surface area (TPSA) is 49.4 Å². The van der Waals surface area contributed by atoms with Crippen molar-refractivity contribution in [3.8, 4) is 0 Å². The summed E-state index contributed by atoms with van der Waals surface area (Å²) in [6, 6.07) is 12.2. The summed E-state index contributed by atoms with van der Waals surface area (Å²) in [4.78, 5) is 25.8. The summed E-state index contributed by atoms with van der Waals surface area (Å²) in [5.41, 5.74) is 2.73. The fourth-order valence-corrected chi connectivity index (χ4v) is 4.12. The maximum atomic E-state index is 14.4. The molecule has 0 saturated carbocycles. The number of hydrogen-bond acceptors (Lipinski definition) is 3. The zero-order valence-electron chi connectivity index (χ0n) is 14.8. The average Bonchev–Trinajstić information content (AvgIpc) is 2.99. The molecule has 1 heterocycles. The molecule has 1 N–H and O–H groups in total. The van der Waals surface area contributed by atoms with Crippen molar-refractivity contribution in [1.29, 1.82) is 0 Å². The minimum atomic E-state index is -0.413. The van der Waals surface area contributed by atoms with Gasteiger partial charge in [-0.3, -0.25) is 14.5 Å². The molecule has 26 heavy (non-hydrogen) atoms. The van der Waals surface area contributed by atoms with Gasteiger partial charge in [-0.2, -0.15) is 0 Å². The van der Waals surface area contributed by atoms with Crippen LogP contribution in [-0.2, 0) is 9.59 Å². The first-order chi connectivity index (χ1) is 12.5. The van der Waals surface area contributed by atoms with Gasteiger partial charge >= 0.3 is 0 Å². The van der Waals surface area contributed by atoms with E-state index < -0.39 is 5.82 Å². The van der Waals surface area contributed by atoms with Crippen molar-refractivity contribution in [2.24, 2.45) is 0 Å². The molecule has 0 spiro atoms. The van der Waals surface area contributed by atoms with Crippen LogP contribution in [-0.4, -0.2) is 17.6 Å². The van der Waals surface area contributed by atoms with Gasteiger partial charge in [-0.1, -0.05) is 25.1 Å². The van der Waals surface area contributed by atoms with Gasteiger partial charge in [0.05, 0.1) is 11.4 Å². The normalized spacial score (nSPS) is 16.8. The highest BCUT2D eigenvalue weighted by molar-refractivity contribution is 8.00. The Kier molecular flexibility index (Phi) is 5.61.